The van der Waals surface area contributed by atoms with Gasteiger partial charge in [-0.25, -0.2) is 9.59 Å². The van der Waals surface area contributed by atoms with Crippen molar-refractivity contribution in [3.8, 4) is 11.5 Å². The zero-order chi connectivity index (χ0) is 46.3. The number of amides is 2. The Morgan fingerprint density at radius 1 is 0.939 bits per heavy atom. The van der Waals surface area contributed by atoms with Crippen molar-refractivity contribution in [2.24, 2.45) is 22.9 Å². The summed E-state index contributed by atoms with van der Waals surface area (Å²) in [5.74, 6) is -1.50. The molecule has 66 heavy (non-hydrogen) atoms. The number of aliphatic hydroxyl groups excluding tert-OH is 2. The van der Waals surface area contributed by atoms with Crippen LogP contribution >= 0.6 is 0 Å². The van der Waals surface area contributed by atoms with E-state index in [0.29, 0.717) is 49.8 Å². The second-order valence-corrected chi connectivity index (χ2v) is 17.0. The van der Waals surface area contributed by atoms with Crippen molar-refractivity contribution < 1.29 is 48.3 Å². The number of nitrogens with zero attached hydrogens (tertiary/aromatic N) is 2. The van der Waals surface area contributed by atoms with Crippen molar-refractivity contribution in [1.29, 1.82) is 0 Å². The highest BCUT2D eigenvalue weighted by Gasteiger charge is 2.65. The Kier molecular flexibility index (Phi) is 17.3. The summed E-state index contributed by atoms with van der Waals surface area (Å²) in [5, 5.41) is 29.5. The molecule has 352 valence electrons. The Balaban J connectivity index is 1.39. The van der Waals surface area contributed by atoms with E-state index in [9.17, 15) is 15.0 Å². The number of oxime groups is 1. The van der Waals surface area contributed by atoms with Crippen LogP contribution in [0.3, 0.4) is 0 Å². The van der Waals surface area contributed by atoms with Crippen LogP contribution in [0, 0.1) is 17.8 Å². The Labute approximate surface area is 388 Å². The molecular formula is C53H65N3O10. The lowest BCUT2D eigenvalue weighted by atomic mass is 9.55. The van der Waals surface area contributed by atoms with Crippen molar-refractivity contribution in [2.75, 3.05) is 46.2 Å². The molecule has 2 aliphatic carbocycles. The van der Waals surface area contributed by atoms with Gasteiger partial charge in [-0.05, 0) is 97.0 Å². The molecule has 0 aromatic heterocycles. The smallest absolute Gasteiger partial charge is 0.412 e. The largest absolute Gasteiger partial charge is 0.459 e. The molecule has 1 saturated carbocycles. The summed E-state index contributed by atoms with van der Waals surface area (Å²) in [6, 6.07) is 28.6. The van der Waals surface area contributed by atoms with Crippen molar-refractivity contribution >= 4 is 28.7 Å². The first-order chi connectivity index (χ1) is 32.3. The third kappa shape index (κ3) is 11.1. The summed E-state index contributed by atoms with van der Waals surface area (Å²) < 4.78 is 32.5. The summed E-state index contributed by atoms with van der Waals surface area (Å²) in [6.07, 6.45) is 7.40. The van der Waals surface area contributed by atoms with Crippen molar-refractivity contribution in [3.63, 3.8) is 0 Å². The number of allylic oxidation sites excluding steroid dienone is 1. The second-order valence-electron chi connectivity index (χ2n) is 17.0. The summed E-state index contributed by atoms with van der Waals surface area (Å²) in [5.41, 5.74) is 4.32. The van der Waals surface area contributed by atoms with Gasteiger partial charge < -0.3 is 44.1 Å². The molecule has 4 aromatic carbocycles. The van der Waals surface area contributed by atoms with Gasteiger partial charge in [0.1, 0.15) is 30.8 Å². The van der Waals surface area contributed by atoms with Crippen molar-refractivity contribution in [3.05, 3.63) is 132 Å². The fourth-order valence-electron chi connectivity index (χ4n) is 10.1. The maximum absolute atomic E-state index is 15.1. The predicted molar refractivity (Wildman–Crippen MR) is 253 cm³/mol. The molecule has 0 bridgehead atoms. The van der Waals surface area contributed by atoms with Crippen LogP contribution in [-0.2, 0) is 32.2 Å². The average molecular weight is 904 g/mol. The minimum Gasteiger partial charge on any atom is -0.459 e. The molecule has 3 aliphatic rings. The van der Waals surface area contributed by atoms with Gasteiger partial charge in [0.05, 0.1) is 38.0 Å². The number of hydrogen-bond acceptors (Lipinski definition) is 11. The molecule has 13 heteroatoms. The van der Waals surface area contributed by atoms with Gasteiger partial charge in [-0.1, -0.05) is 103 Å². The van der Waals surface area contributed by atoms with Crippen LogP contribution in [-0.4, -0.2) is 91.0 Å². The van der Waals surface area contributed by atoms with Gasteiger partial charge in [0.2, 0.25) is 5.79 Å². The van der Waals surface area contributed by atoms with Gasteiger partial charge in [0.15, 0.2) is 0 Å². The molecule has 2 amide bonds. The quantitative estimate of drug-likeness (QED) is 0.0372. The molecule has 0 radical (unpaired) electrons. The van der Waals surface area contributed by atoms with Crippen molar-refractivity contribution in [1.82, 2.24) is 10.2 Å². The third-order valence-corrected chi connectivity index (χ3v) is 12.9. The molecular weight excluding hydrogens is 839 g/mol. The van der Waals surface area contributed by atoms with E-state index in [1.807, 2.05) is 80.6 Å². The van der Waals surface area contributed by atoms with E-state index in [4.69, 9.17) is 33.7 Å². The maximum atomic E-state index is 15.1. The molecule has 4 aromatic rings. The SMILES string of the molecule is C=CCOC12Oc3ccc(OC(=O)NCC)cc3C3C(CCCCO)C(CCCCO)C=C(C(=NOCC)CC1N(Cc1cccc4ccccc14)C(=O)OCCOCc1ccccc1)C32. The molecule has 13 nitrogen and oxygen atoms in total. The highest BCUT2D eigenvalue weighted by Crippen LogP contribution is 2.62. The molecule has 1 heterocycles. The Hall–Kier alpha value is -5.73. The number of benzene rings is 4. The topological polar surface area (TPSA) is 158 Å². The number of unbranched alkanes of at least 4 members (excludes halogenated alkanes) is 2. The number of carbonyl (C=O) groups excluding carboxylic acids is 2. The first kappa shape index (κ1) is 48.2. The van der Waals surface area contributed by atoms with Gasteiger partial charge in [-0.15, -0.1) is 6.58 Å². The highest BCUT2D eigenvalue weighted by molar-refractivity contribution is 6.03. The minimum atomic E-state index is -1.52. The Bertz CT molecular complexity index is 2300. The minimum absolute atomic E-state index is 0.00254. The lowest BCUT2D eigenvalue weighted by Gasteiger charge is -2.59. The van der Waals surface area contributed by atoms with E-state index in [1.54, 1.807) is 17.0 Å². The standard InChI is InChI=1S/C53H65N3O10/c1-4-29-63-53-48(56(35-40-22-16-21-38-19-10-11-23-42(38)40)52(60)62-31-30-61-36-37-17-8-7-9-18-37)34-46(55-64-6-3)44-32-39(20-12-14-27-57)43(24-13-15-28-58)49(50(44)53)45-33-41(25-26-47(45)66-53)65-51(59)54-5-2/h4,7-11,16-19,21-23,25-26,32-33,39,43,48-50,57-58H,1,5-6,12-15,20,24,27-31,34-36H2,2-3H3,(H,54,59). The summed E-state index contributed by atoms with van der Waals surface area (Å²) >= 11 is 0. The van der Waals surface area contributed by atoms with Gasteiger partial charge >= 0.3 is 12.2 Å². The first-order valence-electron chi connectivity index (χ1n) is 23.5. The van der Waals surface area contributed by atoms with Crippen molar-refractivity contribution in [2.45, 2.75) is 89.7 Å². The van der Waals surface area contributed by atoms with E-state index in [0.717, 1.165) is 58.7 Å². The zero-order valence-electron chi connectivity index (χ0n) is 38.3. The van der Waals surface area contributed by atoms with Gasteiger partial charge in [0, 0.05) is 37.7 Å². The molecule has 3 N–H and O–H groups in total. The summed E-state index contributed by atoms with van der Waals surface area (Å²) in [6.45, 7) is 9.43. The summed E-state index contributed by atoms with van der Waals surface area (Å²) in [7, 11) is 0. The average Bonchev–Trinajstić information content (AvgIpc) is 3.33. The van der Waals surface area contributed by atoms with E-state index >= 15 is 4.79 Å². The zero-order valence-corrected chi connectivity index (χ0v) is 38.3. The molecule has 1 fully saturated rings. The van der Waals surface area contributed by atoms with Crippen LogP contribution < -0.4 is 14.8 Å². The van der Waals surface area contributed by atoms with E-state index in [-0.39, 0.29) is 63.8 Å². The number of hydrogen-bond donors (Lipinski definition) is 3. The van der Waals surface area contributed by atoms with Gasteiger partial charge in [0.25, 0.3) is 0 Å². The number of aliphatic hydroxyl groups is 2. The number of nitrogens with one attached hydrogen (secondary N) is 1. The van der Waals surface area contributed by atoms with Crippen LogP contribution in [0.15, 0.2) is 120 Å². The normalized spacial score (nSPS) is 22.3. The second kappa shape index (κ2) is 23.6. The Morgan fingerprint density at radius 3 is 2.48 bits per heavy atom. The van der Waals surface area contributed by atoms with Crippen LogP contribution in [0.5, 0.6) is 11.5 Å². The highest BCUT2D eigenvalue weighted by atomic mass is 16.7. The van der Waals surface area contributed by atoms with Crippen LogP contribution in [0.2, 0.25) is 0 Å². The maximum Gasteiger partial charge on any atom is 0.412 e. The molecule has 6 atom stereocenters. The first-order valence-corrected chi connectivity index (χ1v) is 23.5. The lowest BCUT2D eigenvalue weighted by Crippen LogP contribution is -2.70. The molecule has 7 rings (SSSR count). The van der Waals surface area contributed by atoms with Crippen LogP contribution in [0.25, 0.3) is 10.8 Å². The monoisotopic (exact) mass is 903 g/mol. The van der Waals surface area contributed by atoms with Gasteiger partial charge in [-0.2, -0.15) is 0 Å². The third-order valence-electron chi connectivity index (χ3n) is 12.9. The molecule has 0 spiro atoms. The van der Waals surface area contributed by atoms with Gasteiger partial charge in [-0.3, -0.25) is 4.90 Å². The van der Waals surface area contributed by atoms with E-state index in [2.05, 4.69) is 36.2 Å². The Morgan fingerprint density at radius 2 is 1.71 bits per heavy atom. The fraction of sp³-hybridized carbons (Fsp3) is 0.453. The molecule has 6 unspecified atom stereocenters. The van der Waals surface area contributed by atoms with Crippen LogP contribution in [0.1, 0.15) is 81.4 Å². The lowest BCUT2D eigenvalue weighted by molar-refractivity contribution is -0.256. The summed E-state index contributed by atoms with van der Waals surface area (Å²) in [4.78, 5) is 35.6. The number of rotatable bonds is 23. The number of fused-ring (bicyclic) bond motifs is 3. The number of ether oxygens (including phenoxy) is 5. The number of carbonyl (C=O) groups is 2. The van der Waals surface area contributed by atoms with Crippen LogP contribution in [0.4, 0.5) is 9.59 Å². The predicted octanol–water partition coefficient (Wildman–Crippen LogP) is 9.46. The van der Waals surface area contributed by atoms with E-state index in [1.165, 1.54) is 0 Å². The molecule has 1 aliphatic heterocycles. The fourth-order valence-corrected chi connectivity index (χ4v) is 10.1. The van der Waals surface area contributed by atoms with E-state index < -0.39 is 29.9 Å². The molecule has 0 saturated heterocycles.